The van der Waals surface area contributed by atoms with Gasteiger partial charge in [-0.1, -0.05) is 6.92 Å². The summed E-state index contributed by atoms with van der Waals surface area (Å²) < 4.78 is 5.15. The molecule has 3 heteroatoms. The predicted molar refractivity (Wildman–Crippen MR) is 42.6 cm³/mol. The Labute approximate surface area is 76.1 Å². The highest BCUT2D eigenvalue weighted by molar-refractivity contribution is 5.78. The van der Waals surface area contributed by atoms with Crippen molar-refractivity contribution < 1.29 is 14.6 Å². The van der Waals surface area contributed by atoms with E-state index >= 15 is 0 Å². The molecule has 1 heterocycles. The molecule has 6 atom stereocenters. The Morgan fingerprint density at radius 1 is 1.62 bits per heavy atom. The van der Waals surface area contributed by atoms with E-state index in [-0.39, 0.29) is 34.9 Å². The lowest BCUT2D eigenvalue weighted by molar-refractivity contribution is -0.173. The largest absolute Gasteiger partial charge is 0.459 e. The van der Waals surface area contributed by atoms with Crippen molar-refractivity contribution >= 4 is 5.97 Å². The van der Waals surface area contributed by atoms with Crippen molar-refractivity contribution in [1.82, 2.24) is 0 Å². The number of hydrogen-bond donors (Lipinski definition) is 1. The van der Waals surface area contributed by atoms with E-state index in [9.17, 15) is 9.90 Å². The van der Waals surface area contributed by atoms with Gasteiger partial charge < -0.3 is 9.84 Å². The van der Waals surface area contributed by atoms with Gasteiger partial charge >= 0.3 is 5.97 Å². The lowest BCUT2D eigenvalue weighted by Crippen LogP contribution is -2.56. The fourth-order valence-corrected chi connectivity index (χ4v) is 4.50. The molecule has 13 heavy (non-hydrogen) atoms. The summed E-state index contributed by atoms with van der Waals surface area (Å²) in [6, 6.07) is 0. The van der Waals surface area contributed by atoms with Gasteiger partial charge in [0.05, 0.1) is 12.0 Å². The minimum Gasteiger partial charge on any atom is -0.459 e. The Balaban J connectivity index is 1.88. The number of hydrogen-bond acceptors (Lipinski definition) is 3. The van der Waals surface area contributed by atoms with E-state index in [0.717, 1.165) is 12.8 Å². The van der Waals surface area contributed by atoms with Crippen molar-refractivity contribution in [3.05, 3.63) is 0 Å². The number of rotatable bonds is 0. The molecular weight excluding hydrogens is 168 g/mol. The highest BCUT2D eigenvalue weighted by Crippen LogP contribution is 2.86. The SMILES string of the molecule is CC12CC3C(=O)OC4C(O)C1(C2)C34. The first-order valence-corrected chi connectivity index (χ1v) is 4.99. The second-order valence-corrected chi connectivity index (χ2v) is 5.46. The van der Waals surface area contributed by atoms with Crippen molar-refractivity contribution in [2.45, 2.75) is 32.0 Å². The Hall–Kier alpha value is -0.570. The Morgan fingerprint density at radius 2 is 2.38 bits per heavy atom. The van der Waals surface area contributed by atoms with Crippen LogP contribution in [0.25, 0.3) is 0 Å². The minimum atomic E-state index is -0.362. The van der Waals surface area contributed by atoms with E-state index in [0.29, 0.717) is 5.92 Å². The summed E-state index contributed by atoms with van der Waals surface area (Å²) in [5, 5.41) is 9.91. The van der Waals surface area contributed by atoms with Crippen LogP contribution in [0.3, 0.4) is 0 Å². The van der Waals surface area contributed by atoms with Crippen LogP contribution in [-0.4, -0.2) is 23.3 Å². The fraction of sp³-hybridized carbons (Fsp3) is 0.900. The number of carbonyl (C=O) groups excluding carboxylic acids is 1. The quantitative estimate of drug-likeness (QED) is 0.546. The summed E-state index contributed by atoms with van der Waals surface area (Å²) in [4.78, 5) is 11.4. The maximum atomic E-state index is 11.4. The summed E-state index contributed by atoms with van der Waals surface area (Å²) in [6.07, 6.45) is 1.54. The van der Waals surface area contributed by atoms with Crippen LogP contribution >= 0.6 is 0 Å². The molecule has 0 aromatic carbocycles. The zero-order valence-corrected chi connectivity index (χ0v) is 7.49. The molecule has 4 aliphatic rings. The van der Waals surface area contributed by atoms with Crippen molar-refractivity contribution in [2.75, 3.05) is 0 Å². The summed E-state index contributed by atoms with van der Waals surface area (Å²) >= 11 is 0. The molecule has 0 radical (unpaired) electrons. The van der Waals surface area contributed by atoms with E-state index in [1.165, 1.54) is 0 Å². The number of ether oxygens (including phenoxy) is 1. The number of esters is 1. The van der Waals surface area contributed by atoms with Crippen molar-refractivity contribution in [3.63, 3.8) is 0 Å². The first-order valence-electron chi connectivity index (χ1n) is 4.99. The molecule has 4 fully saturated rings. The van der Waals surface area contributed by atoms with Crippen LogP contribution in [-0.2, 0) is 9.53 Å². The van der Waals surface area contributed by atoms with Crippen LogP contribution in [0.1, 0.15) is 19.8 Å². The van der Waals surface area contributed by atoms with Crippen LogP contribution in [0.15, 0.2) is 0 Å². The molecule has 1 N–H and O–H groups in total. The molecule has 1 spiro atoms. The van der Waals surface area contributed by atoms with Crippen LogP contribution in [0.5, 0.6) is 0 Å². The lowest BCUT2D eigenvalue weighted by atomic mass is 9.63. The molecule has 4 rings (SSSR count). The van der Waals surface area contributed by atoms with Gasteiger partial charge in [-0.3, -0.25) is 4.79 Å². The van der Waals surface area contributed by atoms with Gasteiger partial charge in [0.15, 0.2) is 0 Å². The summed E-state index contributed by atoms with van der Waals surface area (Å²) in [7, 11) is 0. The Morgan fingerprint density at radius 3 is 3.15 bits per heavy atom. The first kappa shape index (κ1) is 6.82. The van der Waals surface area contributed by atoms with Crippen LogP contribution in [0.2, 0.25) is 0 Å². The number of carbonyl (C=O) groups is 1. The second-order valence-electron chi connectivity index (χ2n) is 5.46. The third-order valence-electron chi connectivity index (χ3n) is 5.13. The molecule has 0 amide bonds. The molecule has 0 aromatic heterocycles. The van der Waals surface area contributed by atoms with E-state index in [4.69, 9.17) is 4.74 Å². The van der Waals surface area contributed by atoms with Gasteiger partial charge in [0.1, 0.15) is 6.10 Å². The summed E-state index contributed by atoms with van der Waals surface area (Å²) in [5.74, 6) is 0.423. The molecule has 1 saturated heterocycles. The topological polar surface area (TPSA) is 46.5 Å². The first-order chi connectivity index (χ1) is 6.10. The minimum absolute atomic E-state index is 0.0562. The van der Waals surface area contributed by atoms with Crippen LogP contribution in [0.4, 0.5) is 0 Å². The van der Waals surface area contributed by atoms with Crippen molar-refractivity contribution in [2.24, 2.45) is 22.7 Å². The average Bonchev–Trinajstić information content (AvgIpc) is 2.49. The maximum absolute atomic E-state index is 11.4. The molecule has 0 bridgehead atoms. The summed E-state index contributed by atoms with van der Waals surface area (Å²) in [6.45, 7) is 2.21. The number of aliphatic hydroxyl groups excluding tert-OH is 1. The number of aliphatic hydroxyl groups is 1. The van der Waals surface area contributed by atoms with Gasteiger partial charge in [0.25, 0.3) is 0 Å². The van der Waals surface area contributed by atoms with Gasteiger partial charge in [-0.2, -0.15) is 0 Å². The molecule has 1 aliphatic heterocycles. The Bertz CT molecular complexity index is 339. The molecular formula is C10H12O3. The zero-order chi connectivity index (χ0) is 9.01. The standard InChI is InChI=1S/C10H12O3/c1-9-2-4-5-6(13-8(4)12)7(11)10(5,9)3-9/h4-7,11H,2-3H2,1H3. The normalized spacial score (nSPS) is 71.1. The van der Waals surface area contributed by atoms with Gasteiger partial charge in [0.2, 0.25) is 0 Å². The van der Waals surface area contributed by atoms with E-state index in [1.807, 2.05) is 0 Å². The molecule has 0 aromatic rings. The van der Waals surface area contributed by atoms with Crippen molar-refractivity contribution in [3.8, 4) is 0 Å². The summed E-state index contributed by atoms with van der Waals surface area (Å²) in [5.41, 5.74) is 0.353. The van der Waals surface area contributed by atoms with E-state index in [1.54, 1.807) is 0 Å². The zero-order valence-electron chi connectivity index (χ0n) is 7.49. The smallest absolute Gasteiger partial charge is 0.309 e. The highest BCUT2D eigenvalue weighted by Gasteiger charge is 2.89. The van der Waals surface area contributed by atoms with Gasteiger partial charge in [-0.15, -0.1) is 0 Å². The molecule has 70 valence electrons. The van der Waals surface area contributed by atoms with Gasteiger partial charge in [-0.05, 0) is 18.3 Å². The average molecular weight is 180 g/mol. The maximum Gasteiger partial charge on any atom is 0.309 e. The van der Waals surface area contributed by atoms with Crippen LogP contribution in [0, 0.1) is 22.7 Å². The molecule has 3 saturated carbocycles. The second kappa shape index (κ2) is 1.44. The molecule has 3 aliphatic carbocycles. The van der Waals surface area contributed by atoms with Gasteiger partial charge in [0, 0.05) is 11.3 Å². The fourth-order valence-electron chi connectivity index (χ4n) is 4.50. The molecule has 3 nitrogen and oxygen atoms in total. The van der Waals surface area contributed by atoms with Crippen LogP contribution < -0.4 is 0 Å². The molecule has 6 unspecified atom stereocenters. The van der Waals surface area contributed by atoms with Crippen molar-refractivity contribution in [1.29, 1.82) is 0 Å². The van der Waals surface area contributed by atoms with Gasteiger partial charge in [-0.25, -0.2) is 0 Å². The highest BCUT2D eigenvalue weighted by atomic mass is 16.6. The third-order valence-corrected chi connectivity index (χ3v) is 5.13. The third kappa shape index (κ3) is 0.416. The van der Waals surface area contributed by atoms with E-state index < -0.39 is 0 Å². The lowest BCUT2D eigenvalue weighted by Gasteiger charge is -2.44. The monoisotopic (exact) mass is 180 g/mol. The Kier molecular flexibility index (Phi) is 0.753. The predicted octanol–water partition coefficient (Wildman–Crippen LogP) is 0.319. The van der Waals surface area contributed by atoms with E-state index in [2.05, 4.69) is 6.92 Å².